The Morgan fingerprint density at radius 1 is 1.53 bits per heavy atom. The van der Waals surface area contributed by atoms with E-state index in [1.54, 1.807) is 6.20 Å². The van der Waals surface area contributed by atoms with E-state index in [1.165, 1.54) is 11.8 Å². The first-order valence-corrected chi connectivity index (χ1v) is 6.08. The molecule has 0 aromatic carbocycles. The fourth-order valence-electron chi connectivity index (χ4n) is 2.50. The molecular weight excluding hydrogens is 214 g/mol. The largest absolute Gasteiger partial charge is 0.327 e. The van der Waals surface area contributed by atoms with Crippen molar-refractivity contribution in [3.05, 3.63) is 24.2 Å². The van der Waals surface area contributed by atoms with Crippen LogP contribution in [-0.2, 0) is 6.54 Å². The fraction of sp³-hybridized carbons (Fsp3) is 0.500. The van der Waals surface area contributed by atoms with Crippen molar-refractivity contribution in [1.82, 2.24) is 20.1 Å². The second kappa shape index (κ2) is 4.43. The Morgan fingerprint density at radius 2 is 2.47 bits per heavy atom. The Kier molecular flexibility index (Phi) is 2.78. The maximum Gasteiger partial charge on any atom is 0.111 e. The van der Waals surface area contributed by atoms with Crippen molar-refractivity contribution < 1.29 is 0 Å². The molecule has 1 atom stereocenters. The van der Waals surface area contributed by atoms with E-state index in [1.807, 2.05) is 12.3 Å². The minimum absolute atomic E-state index is 0.319. The molecule has 1 aliphatic rings. The minimum Gasteiger partial charge on any atom is -0.327 e. The van der Waals surface area contributed by atoms with Gasteiger partial charge in [-0.15, -0.1) is 0 Å². The number of aromatic amines is 1. The van der Waals surface area contributed by atoms with Gasteiger partial charge in [-0.05, 0) is 25.5 Å². The van der Waals surface area contributed by atoms with E-state index in [9.17, 15) is 0 Å². The number of hydrogen-bond acceptors (Lipinski definition) is 4. The quantitative estimate of drug-likeness (QED) is 0.805. The molecule has 1 saturated heterocycles. The van der Waals surface area contributed by atoms with E-state index in [4.69, 9.17) is 5.73 Å². The molecule has 3 N–H and O–H groups in total. The number of nitrogens with one attached hydrogen (secondary N) is 1. The van der Waals surface area contributed by atoms with Crippen molar-refractivity contribution in [2.45, 2.75) is 25.4 Å². The first kappa shape index (κ1) is 10.7. The molecule has 17 heavy (non-hydrogen) atoms. The number of nitrogens with zero attached hydrogens (tertiary/aromatic N) is 3. The van der Waals surface area contributed by atoms with E-state index in [-0.39, 0.29) is 0 Å². The smallest absolute Gasteiger partial charge is 0.111 e. The molecule has 5 nitrogen and oxygen atoms in total. The Morgan fingerprint density at radius 3 is 3.35 bits per heavy atom. The molecule has 3 heterocycles. The monoisotopic (exact) mass is 231 g/mol. The van der Waals surface area contributed by atoms with Crippen molar-refractivity contribution in [2.24, 2.45) is 5.73 Å². The van der Waals surface area contributed by atoms with Crippen LogP contribution in [0.25, 0.3) is 10.9 Å². The molecule has 1 unspecified atom stereocenters. The number of rotatable bonds is 2. The lowest BCUT2D eigenvalue weighted by molar-refractivity contribution is 0.200. The van der Waals surface area contributed by atoms with Gasteiger partial charge in [-0.3, -0.25) is 15.0 Å². The zero-order chi connectivity index (χ0) is 11.7. The Balaban J connectivity index is 1.80. The highest BCUT2D eigenvalue weighted by molar-refractivity contribution is 5.80. The fourth-order valence-corrected chi connectivity index (χ4v) is 2.50. The molecule has 0 spiro atoms. The zero-order valence-electron chi connectivity index (χ0n) is 9.76. The molecule has 0 aliphatic carbocycles. The number of nitrogens with two attached hydrogens (primary N) is 1. The average molecular weight is 231 g/mol. The summed E-state index contributed by atoms with van der Waals surface area (Å²) in [6.45, 7) is 3.00. The van der Waals surface area contributed by atoms with E-state index in [0.717, 1.165) is 37.3 Å². The molecule has 0 radical (unpaired) electrons. The van der Waals surface area contributed by atoms with Gasteiger partial charge in [0.05, 0.1) is 11.9 Å². The summed E-state index contributed by atoms with van der Waals surface area (Å²) in [7, 11) is 0. The third-order valence-electron chi connectivity index (χ3n) is 3.36. The molecule has 1 aliphatic heterocycles. The molecule has 0 amide bonds. The van der Waals surface area contributed by atoms with Crippen LogP contribution in [0, 0.1) is 0 Å². The normalized spacial score (nSPS) is 22.1. The highest BCUT2D eigenvalue weighted by Crippen LogP contribution is 2.17. The third kappa shape index (κ3) is 2.16. The van der Waals surface area contributed by atoms with Crippen molar-refractivity contribution in [3.8, 4) is 0 Å². The van der Waals surface area contributed by atoms with Crippen LogP contribution in [0.15, 0.2) is 18.5 Å². The number of hydrogen-bond donors (Lipinski definition) is 2. The van der Waals surface area contributed by atoms with Gasteiger partial charge in [0.25, 0.3) is 0 Å². The molecule has 0 saturated carbocycles. The SMILES string of the molecule is NC1CCCN(Cc2[nH]nc3cnccc23)C1. The zero-order valence-corrected chi connectivity index (χ0v) is 9.76. The Bertz CT molecular complexity index is 506. The standard InChI is InChI=1S/C12H17N5/c13-9-2-1-5-17(7-9)8-12-10-3-4-14-6-11(10)15-16-12/h3-4,6,9H,1-2,5,7-8,13H2,(H,15,16). The van der Waals surface area contributed by atoms with E-state index < -0.39 is 0 Å². The second-order valence-electron chi connectivity index (χ2n) is 4.73. The van der Waals surface area contributed by atoms with Crippen LogP contribution in [0.5, 0.6) is 0 Å². The summed E-state index contributed by atoms with van der Waals surface area (Å²) >= 11 is 0. The Hall–Kier alpha value is -1.46. The van der Waals surface area contributed by atoms with Crippen LogP contribution in [-0.4, -0.2) is 39.2 Å². The van der Waals surface area contributed by atoms with Gasteiger partial charge in [0.1, 0.15) is 5.52 Å². The summed E-state index contributed by atoms with van der Waals surface area (Å²) in [5, 5.41) is 8.53. The summed E-state index contributed by atoms with van der Waals surface area (Å²) in [5.74, 6) is 0. The molecule has 2 aromatic rings. The van der Waals surface area contributed by atoms with Crippen LogP contribution in [0.3, 0.4) is 0 Å². The van der Waals surface area contributed by atoms with Gasteiger partial charge in [0, 0.05) is 30.7 Å². The lowest BCUT2D eigenvalue weighted by Crippen LogP contribution is -2.42. The summed E-state index contributed by atoms with van der Waals surface area (Å²) in [6, 6.07) is 2.33. The van der Waals surface area contributed by atoms with E-state index >= 15 is 0 Å². The molecule has 2 aromatic heterocycles. The maximum absolute atomic E-state index is 5.99. The lowest BCUT2D eigenvalue weighted by Gasteiger charge is -2.30. The van der Waals surface area contributed by atoms with Crippen molar-refractivity contribution in [1.29, 1.82) is 0 Å². The molecule has 90 valence electrons. The van der Waals surface area contributed by atoms with Gasteiger partial charge in [-0.2, -0.15) is 5.10 Å². The Labute approximate surface area is 100 Å². The van der Waals surface area contributed by atoms with Gasteiger partial charge < -0.3 is 5.73 Å². The van der Waals surface area contributed by atoms with Gasteiger partial charge in [-0.25, -0.2) is 0 Å². The average Bonchev–Trinajstić information content (AvgIpc) is 2.73. The molecular formula is C12H17N5. The van der Waals surface area contributed by atoms with Crippen molar-refractivity contribution in [2.75, 3.05) is 13.1 Å². The second-order valence-corrected chi connectivity index (χ2v) is 4.73. The first-order chi connectivity index (χ1) is 8.33. The molecule has 0 bridgehead atoms. The summed E-state index contributed by atoms with van der Waals surface area (Å²) < 4.78 is 0. The van der Waals surface area contributed by atoms with Crippen molar-refractivity contribution in [3.63, 3.8) is 0 Å². The predicted octanol–water partition coefficient (Wildman–Crippen LogP) is 0.881. The minimum atomic E-state index is 0.319. The van der Waals surface area contributed by atoms with Crippen LogP contribution in [0.4, 0.5) is 0 Å². The molecule has 1 fully saturated rings. The number of pyridine rings is 1. The summed E-state index contributed by atoms with van der Waals surface area (Å²) in [4.78, 5) is 6.46. The van der Waals surface area contributed by atoms with E-state index in [0.29, 0.717) is 6.04 Å². The van der Waals surface area contributed by atoms with Gasteiger partial charge in [-0.1, -0.05) is 0 Å². The van der Waals surface area contributed by atoms with Crippen LogP contribution in [0.2, 0.25) is 0 Å². The number of piperidine rings is 1. The van der Waals surface area contributed by atoms with Gasteiger partial charge in [0.15, 0.2) is 0 Å². The summed E-state index contributed by atoms with van der Waals surface area (Å²) in [6.07, 6.45) is 5.93. The topological polar surface area (TPSA) is 70.8 Å². The van der Waals surface area contributed by atoms with Crippen LogP contribution >= 0.6 is 0 Å². The van der Waals surface area contributed by atoms with Crippen LogP contribution in [0.1, 0.15) is 18.5 Å². The number of likely N-dealkylation sites (tertiary alicyclic amines) is 1. The number of H-pyrrole nitrogens is 1. The van der Waals surface area contributed by atoms with Gasteiger partial charge in [0.2, 0.25) is 0 Å². The predicted molar refractivity (Wildman–Crippen MR) is 66.4 cm³/mol. The third-order valence-corrected chi connectivity index (χ3v) is 3.36. The first-order valence-electron chi connectivity index (χ1n) is 6.08. The van der Waals surface area contributed by atoms with Crippen LogP contribution < -0.4 is 5.73 Å². The number of fused-ring (bicyclic) bond motifs is 1. The van der Waals surface area contributed by atoms with Gasteiger partial charge >= 0.3 is 0 Å². The van der Waals surface area contributed by atoms with Crippen molar-refractivity contribution >= 4 is 10.9 Å². The highest BCUT2D eigenvalue weighted by atomic mass is 15.2. The van der Waals surface area contributed by atoms with E-state index in [2.05, 4.69) is 20.1 Å². The molecule has 5 heteroatoms. The number of aromatic nitrogens is 3. The maximum atomic E-state index is 5.99. The highest BCUT2D eigenvalue weighted by Gasteiger charge is 2.18. The summed E-state index contributed by atoms with van der Waals surface area (Å²) in [5.41, 5.74) is 8.09. The molecule has 3 rings (SSSR count). The lowest BCUT2D eigenvalue weighted by atomic mass is 10.1.